The monoisotopic (exact) mass is 422 g/mol. The molecule has 0 aromatic heterocycles. The van der Waals surface area contributed by atoms with Crippen molar-refractivity contribution >= 4 is 47.0 Å². The van der Waals surface area contributed by atoms with Crippen LogP contribution in [0.1, 0.15) is 12.0 Å². The van der Waals surface area contributed by atoms with Gasteiger partial charge < -0.3 is 9.84 Å². The number of hydroxylamine groups is 1. The third-order valence-electron chi connectivity index (χ3n) is 3.54. The van der Waals surface area contributed by atoms with E-state index < -0.39 is 34.7 Å². The Morgan fingerprint density at radius 2 is 1.96 bits per heavy atom. The molecule has 26 heavy (non-hydrogen) atoms. The summed E-state index contributed by atoms with van der Waals surface area (Å²) in [4.78, 5) is 29.8. The molecule has 0 heterocycles. The standard InChI is InChI=1S/C16H17Cl3N2O5/c17-16(18,19)10-25-14(22)20-26-13-8-4-7-12(13)21(15(23)24)9-11-5-2-1-3-6-11/h1-7,12-13H,8-10H2,(H,20,22)(H,23,24)/t12-,13+/m1/s1. The van der Waals surface area contributed by atoms with Gasteiger partial charge in [-0.15, -0.1) is 0 Å². The molecule has 0 fully saturated rings. The van der Waals surface area contributed by atoms with E-state index in [1.807, 2.05) is 30.3 Å². The van der Waals surface area contributed by atoms with E-state index in [-0.39, 0.29) is 6.54 Å². The highest BCUT2D eigenvalue weighted by Gasteiger charge is 2.33. The number of hydrogen-bond acceptors (Lipinski definition) is 4. The van der Waals surface area contributed by atoms with Crippen LogP contribution in [0.15, 0.2) is 42.5 Å². The molecule has 0 saturated carbocycles. The van der Waals surface area contributed by atoms with Crippen molar-refractivity contribution in [1.29, 1.82) is 0 Å². The number of amides is 2. The largest absolute Gasteiger partial charge is 0.465 e. The van der Waals surface area contributed by atoms with E-state index >= 15 is 0 Å². The lowest BCUT2D eigenvalue weighted by Gasteiger charge is -2.29. The summed E-state index contributed by atoms with van der Waals surface area (Å²) >= 11 is 16.5. The Bertz CT molecular complexity index is 651. The van der Waals surface area contributed by atoms with E-state index in [0.29, 0.717) is 6.42 Å². The highest BCUT2D eigenvalue weighted by Crippen LogP contribution is 2.26. The van der Waals surface area contributed by atoms with Gasteiger partial charge in [-0.25, -0.2) is 9.59 Å². The van der Waals surface area contributed by atoms with Crippen molar-refractivity contribution < 1.29 is 24.3 Å². The molecule has 1 aliphatic carbocycles. The highest BCUT2D eigenvalue weighted by molar-refractivity contribution is 6.67. The number of nitrogens with zero attached hydrogens (tertiary/aromatic N) is 1. The Hall–Kier alpha value is -1.67. The fourth-order valence-electron chi connectivity index (χ4n) is 2.42. The van der Waals surface area contributed by atoms with Gasteiger partial charge in [-0.05, 0) is 12.0 Å². The molecule has 7 nitrogen and oxygen atoms in total. The number of halogens is 3. The smallest absolute Gasteiger partial charge is 0.431 e. The van der Waals surface area contributed by atoms with Crippen LogP contribution in [-0.4, -0.2) is 44.7 Å². The van der Waals surface area contributed by atoms with E-state index in [9.17, 15) is 14.7 Å². The third kappa shape index (κ3) is 6.57. The van der Waals surface area contributed by atoms with E-state index in [4.69, 9.17) is 39.6 Å². The molecule has 0 radical (unpaired) electrons. The van der Waals surface area contributed by atoms with Gasteiger partial charge in [0.05, 0.1) is 6.04 Å². The molecule has 0 unspecified atom stereocenters. The molecule has 1 aromatic carbocycles. The van der Waals surface area contributed by atoms with Gasteiger partial charge in [0.15, 0.2) is 0 Å². The quantitative estimate of drug-likeness (QED) is 0.412. The summed E-state index contributed by atoms with van der Waals surface area (Å²) in [5, 5.41) is 9.54. The van der Waals surface area contributed by atoms with Crippen LogP contribution < -0.4 is 5.48 Å². The van der Waals surface area contributed by atoms with Crippen LogP contribution in [0, 0.1) is 0 Å². The molecule has 142 valence electrons. The summed E-state index contributed by atoms with van der Waals surface area (Å²) in [5.41, 5.74) is 2.93. The fraction of sp³-hybridized carbons (Fsp3) is 0.375. The Labute approximate surface area is 165 Å². The van der Waals surface area contributed by atoms with Gasteiger partial charge in [-0.1, -0.05) is 77.3 Å². The average molecular weight is 424 g/mol. The first-order valence-corrected chi connectivity index (χ1v) is 8.75. The normalized spacial score (nSPS) is 19.2. The predicted octanol–water partition coefficient (Wildman–Crippen LogP) is 3.89. The zero-order chi connectivity index (χ0) is 19.2. The molecule has 0 bridgehead atoms. The molecule has 2 N–H and O–H groups in total. The summed E-state index contributed by atoms with van der Waals surface area (Å²) in [6.07, 6.45) is 1.29. The van der Waals surface area contributed by atoms with Gasteiger partial charge in [0.2, 0.25) is 3.79 Å². The van der Waals surface area contributed by atoms with Crippen LogP contribution in [0.3, 0.4) is 0 Å². The number of benzene rings is 1. The van der Waals surface area contributed by atoms with Gasteiger partial charge in [0, 0.05) is 6.54 Å². The van der Waals surface area contributed by atoms with Crippen LogP contribution >= 0.6 is 34.8 Å². The zero-order valence-corrected chi connectivity index (χ0v) is 15.7. The number of ether oxygens (including phenoxy) is 1. The first kappa shape index (κ1) is 20.6. The first-order chi connectivity index (χ1) is 12.3. The van der Waals surface area contributed by atoms with Crippen LogP contribution in [-0.2, 0) is 16.1 Å². The summed E-state index contributed by atoms with van der Waals surface area (Å²) in [7, 11) is 0. The van der Waals surface area contributed by atoms with E-state index in [1.54, 1.807) is 12.2 Å². The first-order valence-electron chi connectivity index (χ1n) is 7.61. The third-order valence-corrected chi connectivity index (χ3v) is 3.87. The predicted molar refractivity (Wildman–Crippen MR) is 97.2 cm³/mol. The number of rotatable bonds is 6. The second kappa shape index (κ2) is 9.32. The second-order valence-corrected chi connectivity index (χ2v) is 8.02. The van der Waals surface area contributed by atoms with Crippen molar-refractivity contribution in [2.75, 3.05) is 6.61 Å². The molecular weight excluding hydrogens is 407 g/mol. The molecule has 2 rings (SSSR count). The molecule has 2 amide bonds. The lowest BCUT2D eigenvalue weighted by Crippen LogP contribution is -2.46. The van der Waals surface area contributed by atoms with Crippen molar-refractivity contribution in [2.45, 2.75) is 28.9 Å². The minimum Gasteiger partial charge on any atom is -0.465 e. The SMILES string of the molecule is O=C(NO[C@H]1CC=C[C@H]1N(Cc1ccccc1)C(=O)O)OCC(Cl)(Cl)Cl. The van der Waals surface area contributed by atoms with Crippen LogP contribution in [0.25, 0.3) is 0 Å². The van der Waals surface area contributed by atoms with Gasteiger partial charge in [-0.2, -0.15) is 5.48 Å². The number of alkyl halides is 3. The molecule has 1 aliphatic rings. The van der Waals surface area contributed by atoms with Crippen molar-refractivity contribution in [3.63, 3.8) is 0 Å². The summed E-state index contributed by atoms with van der Waals surface area (Å²) in [5.74, 6) is 0. The van der Waals surface area contributed by atoms with Gasteiger partial charge >= 0.3 is 12.2 Å². The van der Waals surface area contributed by atoms with Crippen molar-refractivity contribution in [3.05, 3.63) is 48.0 Å². The fourth-order valence-corrected chi connectivity index (χ4v) is 2.58. The molecular formula is C16H17Cl3N2O5. The molecule has 1 aromatic rings. The average Bonchev–Trinajstić information content (AvgIpc) is 3.04. The highest BCUT2D eigenvalue weighted by atomic mass is 35.6. The minimum atomic E-state index is -1.73. The van der Waals surface area contributed by atoms with Gasteiger partial charge in [-0.3, -0.25) is 9.74 Å². The van der Waals surface area contributed by atoms with Crippen LogP contribution in [0.4, 0.5) is 9.59 Å². The van der Waals surface area contributed by atoms with Crippen molar-refractivity contribution in [2.24, 2.45) is 0 Å². The van der Waals surface area contributed by atoms with Crippen LogP contribution in [0.5, 0.6) is 0 Å². The Morgan fingerprint density at radius 3 is 2.58 bits per heavy atom. The van der Waals surface area contributed by atoms with Crippen molar-refractivity contribution in [1.82, 2.24) is 10.4 Å². The molecule has 0 aliphatic heterocycles. The molecule has 2 atom stereocenters. The molecule has 10 heteroatoms. The van der Waals surface area contributed by atoms with E-state index in [2.05, 4.69) is 10.2 Å². The second-order valence-electron chi connectivity index (χ2n) is 5.50. The number of carbonyl (C=O) groups is 2. The zero-order valence-electron chi connectivity index (χ0n) is 13.5. The maximum Gasteiger partial charge on any atom is 0.431 e. The number of carbonyl (C=O) groups excluding carboxylic acids is 1. The number of carboxylic acid groups (broad SMARTS) is 1. The lowest BCUT2D eigenvalue weighted by atomic mass is 10.1. The van der Waals surface area contributed by atoms with E-state index in [1.165, 1.54) is 4.90 Å². The Kier molecular flexibility index (Phi) is 7.40. The minimum absolute atomic E-state index is 0.183. The number of nitrogens with one attached hydrogen (secondary N) is 1. The van der Waals surface area contributed by atoms with Crippen molar-refractivity contribution in [3.8, 4) is 0 Å². The number of hydrogen-bond donors (Lipinski definition) is 2. The Balaban J connectivity index is 1.93. The summed E-state index contributed by atoms with van der Waals surface area (Å²) in [6, 6.07) is 8.60. The Morgan fingerprint density at radius 1 is 1.27 bits per heavy atom. The maximum absolute atomic E-state index is 11.7. The van der Waals surface area contributed by atoms with E-state index in [0.717, 1.165) is 5.56 Å². The lowest BCUT2D eigenvalue weighted by molar-refractivity contribution is -0.0453. The van der Waals surface area contributed by atoms with Gasteiger partial charge in [0.1, 0.15) is 12.7 Å². The summed E-state index contributed by atoms with van der Waals surface area (Å²) < 4.78 is 2.95. The molecule has 0 spiro atoms. The summed E-state index contributed by atoms with van der Waals surface area (Å²) in [6.45, 7) is -0.267. The van der Waals surface area contributed by atoms with Crippen LogP contribution in [0.2, 0.25) is 0 Å². The molecule has 0 saturated heterocycles. The maximum atomic E-state index is 11.7. The topological polar surface area (TPSA) is 88.1 Å². The van der Waals surface area contributed by atoms with Gasteiger partial charge in [0.25, 0.3) is 0 Å².